The molecule has 2 rings (SSSR count). The molecular formula is C16H23N3. The van der Waals surface area contributed by atoms with Gasteiger partial charge in [-0.1, -0.05) is 38.1 Å². The molecule has 0 atom stereocenters. The summed E-state index contributed by atoms with van der Waals surface area (Å²) in [4.78, 5) is 4.03. The molecule has 0 radical (unpaired) electrons. The average molecular weight is 257 g/mol. The monoisotopic (exact) mass is 257 g/mol. The molecule has 1 aromatic carbocycles. The van der Waals surface area contributed by atoms with Crippen LogP contribution in [0.25, 0.3) is 0 Å². The number of rotatable bonds is 7. The van der Waals surface area contributed by atoms with Crippen molar-refractivity contribution in [2.24, 2.45) is 0 Å². The minimum Gasteiger partial charge on any atom is -0.337 e. The second kappa shape index (κ2) is 7.10. The topological polar surface area (TPSA) is 29.9 Å². The molecule has 102 valence electrons. The van der Waals surface area contributed by atoms with Crippen LogP contribution in [0.5, 0.6) is 0 Å². The SMILES string of the molecule is CC(C)c1ccc(CNCCCn2ccnc2)cc1. The Morgan fingerprint density at radius 3 is 2.63 bits per heavy atom. The predicted molar refractivity (Wildman–Crippen MR) is 79.1 cm³/mol. The zero-order valence-corrected chi connectivity index (χ0v) is 11.8. The number of benzene rings is 1. The maximum Gasteiger partial charge on any atom is 0.0945 e. The molecule has 0 bridgehead atoms. The minimum absolute atomic E-state index is 0.609. The van der Waals surface area contributed by atoms with E-state index in [1.165, 1.54) is 11.1 Å². The van der Waals surface area contributed by atoms with Crippen molar-refractivity contribution in [3.63, 3.8) is 0 Å². The zero-order valence-electron chi connectivity index (χ0n) is 11.8. The number of aryl methyl sites for hydroxylation is 1. The second-order valence-electron chi connectivity index (χ2n) is 5.23. The van der Waals surface area contributed by atoms with Crippen LogP contribution in [-0.4, -0.2) is 16.1 Å². The van der Waals surface area contributed by atoms with Gasteiger partial charge in [-0.25, -0.2) is 4.98 Å². The average Bonchev–Trinajstić information content (AvgIpc) is 2.92. The van der Waals surface area contributed by atoms with Gasteiger partial charge in [-0.3, -0.25) is 0 Å². The first kappa shape index (κ1) is 13.8. The van der Waals surface area contributed by atoms with Crippen LogP contribution in [0.4, 0.5) is 0 Å². The largest absolute Gasteiger partial charge is 0.337 e. The highest BCUT2D eigenvalue weighted by Crippen LogP contribution is 2.14. The molecule has 0 fully saturated rings. The first-order valence-electron chi connectivity index (χ1n) is 7.01. The Kier molecular flexibility index (Phi) is 5.16. The highest BCUT2D eigenvalue weighted by atomic mass is 15.0. The van der Waals surface area contributed by atoms with E-state index >= 15 is 0 Å². The summed E-state index contributed by atoms with van der Waals surface area (Å²) in [5.74, 6) is 0.609. The Balaban J connectivity index is 1.65. The fraction of sp³-hybridized carbons (Fsp3) is 0.438. The molecule has 0 unspecified atom stereocenters. The third-order valence-electron chi connectivity index (χ3n) is 3.30. The van der Waals surface area contributed by atoms with Gasteiger partial charge in [0.25, 0.3) is 0 Å². The lowest BCUT2D eigenvalue weighted by Gasteiger charge is -2.08. The molecule has 2 aromatic rings. The van der Waals surface area contributed by atoms with Crippen LogP contribution >= 0.6 is 0 Å². The van der Waals surface area contributed by atoms with Crippen LogP contribution in [0.3, 0.4) is 0 Å². The molecule has 0 saturated carbocycles. The molecular weight excluding hydrogens is 234 g/mol. The van der Waals surface area contributed by atoms with Gasteiger partial charge >= 0.3 is 0 Å². The second-order valence-corrected chi connectivity index (χ2v) is 5.23. The van der Waals surface area contributed by atoms with Gasteiger partial charge in [-0.05, 0) is 30.0 Å². The zero-order chi connectivity index (χ0) is 13.5. The Morgan fingerprint density at radius 2 is 2.00 bits per heavy atom. The van der Waals surface area contributed by atoms with Crippen LogP contribution in [0.15, 0.2) is 43.0 Å². The summed E-state index contributed by atoms with van der Waals surface area (Å²) in [5, 5.41) is 3.48. The van der Waals surface area contributed by atoms with Crippen LogP contribution < -0.4 is 5.32 Å². The van der Waals surface area contributed by atoms with E-state index in [4.69, 9.17) is 0 Å². The molecule has 1 aromatic heterocycles. The molecule has 3 heteroatoms. The Morgan fingerprint density at radius 1 is 1.21 bits per heavy atom. The Hall–Kier alpha value is -1.61. The maximum absolute atomic E-state index is 4.03. The number of hydrogen-bond donors (Lipinski definition) is 1. The minimum atomic E-state index is 0.609. The maximum atomic E-state index is 4.03. The lowest BCUT2D eigenvalue weighted by Crippen LogP contribution is -2.16. The van der Waals surface area contributed by atoms with E-state index in [1.807, 2.05) is 18.7 Å². The van der Waals surface area contributed by atoms with Gasteiger partial charge in [-0.2, -0.15) is 0 Å². The Labute approximate surface area is 115 Å². The van der Waals surface area contributed by atoms with Gasteiger partial charge in [0, 0.05) is 25.5 Å². The standard InChI is InChI=1S/C16H23N3/c1-14(2)16-6-4-15(5-7-16)12-17-8-3-10-19-11-9-18-13-19/h4-7,9,11,13-14,17H,3,8,10,12H2,1-2H3. The van der Waals surface area contributed by atoms with Crippen molar-refractivity contribution in [3.8, 4) is 0 Å². The molecule has 0 spiro atoms. The first-order valence-corrected chi connectivity index (χ1v) is 7.01. The van der Waals surface area contributed by atoms with Crippen molar-refractivity contribution in [3.05, 3.63) is 54.1 Å². The first-order chi connectivity index (χ1) is 9.25. The third kappa shape index (κ3) is 4.52. The number of aromatic nitrogens is 2. The van der Waals surface area contributed by atoms with Crippen molar-refractivity contribution < 1.29 is 0 Å². The molecule has 1 heterocycles. The van der Waals surface area contributed by atoms with Gasteiger partial charge in [0.05, 0.1) is 6.33 Å². The van der Waals surface area contributed by atoms with Crippen molar-refractivity contribution in [2.75, 3.05) is 6.54 Å². The van der Waals surface area contributed by atoms with E-state index in [2.05, 4.69) is 53.0 Å². The van der Waals surface area contributed by atoms with Gasteiger partial charge in [0.15, 0.2) is 0 Å². The van der Waals surface area contributed by atoms with E-state index in [0.29, 0.717) is 5.92 Å². The molecule has 0 aliphatic rings. The number of nitrogens with one attached hydrogen (secondary N) is 1. The van der Waals surface area contributed by atoms with E-state index < -0.39 is 0 Å². The van der Waals surface area contributed by atoms with Crippen LogP contribution in [0.1, 0.15) is 37.3 Å². The molecule has 0 aliphatic heterocycles. The van der Waals surface area contributed by atoms with Crippen LogP contribution in [-0.2, 0) is 13.1 Å². The fourth-order valence-corrected chi connectivity index (χ4v) is 2.06. The normalized spacial score (nSPS) is 11.1. The summed E-state index contributed by atoms with van der Waals surface area (Å²) >= 11 is 0. The molecule has 3 nitrogen and oxygen atoms in total. The third-order valence-corrected chi connectivity index (χ3v) is 3.30. The summed E-state index contributed by atoms with van der Waals surface area (Å²) < 4.78 is 2.11. The van der Waals surface area contributed by atoms with Gasteiger partial charge in [0.1, 0.15) is 0 Å². The van der Waals surface area contributed by atoms with Crippen LogP contribution in [0.2, 0.25) is 0 Å². The summed E-state index contributed by atoms with van der Waals surface area (Å²) in [6.07, 6.45) is 6.82. The van der Waals surface area contributed by atoms with E-state index in [0.717, 1.165) is 26.1 Å². The van der Waals surface area contributed by atoms with Gasteiger partial charge in [-0.15, -0.1) is 0 Å². The fourth-order valence-electron chi connectivity index (χ4n) is 2.06. The smallest absolute Gasteiger partial charge is 0.0945 e. The number of nitrogens with zero attached hydrogens (tertiary/aromatic N) is 2. The van der Waals surface area contributed by atoms with Crippen molar-refractivity contribution in [1.82, 2.24) is 14.9 Å². The lowest BCUT2D eigenvalue weighted by atomic mass is 10.0. The molecule has 0 saturated heterocycles. The lowest BCUT2D eigenvalue weighted by molar-refractivity contribution is 0.580. The summed E-state index contributed by atoms with van der Waals surface area (Å²) in [5.41, 5.74) is 2.76. The number of imidazole rings is 1. The van der Waals surface area contributed by atoms with Crippen molar-refractivity contribution >= 4 is 0 Å². The van der Waals surface area contributed by atoms with E-state index in [-0.39, 0.29) is 0 Å². The van der Waals surface area contributed by atoms with Crippen LogP contribution in [0, 0.1) is 0 Å². The van der Waals surface area contributed by atoms with E-state index in [9.17, 15) is 0 Å². The highest BCUT2D eigenvalue weighted by molar-refractivity contribution is 5.24. The van der Waals surface area contributed by atoms with Gasteiger partial charge in [0.2, 0.25) is 0 Å². The molecule has 0 amide bonds. The molecule has 0 aliphatic carbocycles. The molecule has 1 N–H and O–H groups in total. The summed E-state index contributed by atoms with van der Waals surface area (Å²) in [6, 6.07) is 8.90. The summed E-state index contributed by atoms with van der Waals surface area (Å²) in [6.45, 7) is 7.46. The van der Waals surface area contributed by atoms with Gasteiger partial charge < -0.3 is 9.88 Å². The van der Waals surface area contributed by atoms with Crippen molar-refractivity contribution in [1.29, 1.82) is 0 Å². The highest BCUT2D eigenvalue weighted by Gasteiger charge is 1.98. The Bertz CT molecular complexity index is 457. The quantitative estimate of drug-likeness (QED) is 0.772. The molecule has 19 heavy (non-hydrogen) atoms. The summed E-state index contributed by atoms with van der Waals surface area (Å²) in [7, 11) is 0. The number of hydrogen-bond acceptors (Lipinski definition) is 2. The predicted octanol–water partition coefficient (Wildman–Crippen LogP) is 3.19. The van der Waals surface area contributed by atoms with E-state index in [1.54, 1.807) is 0 Å². The van der Waals surface area contributed by atoms with Crippen molar-refractivity contribution in [2.45, 2.75) is 39.3 Å².